The minimum Gasteiger partial charge on any atom is -0.345 e. The number of halogens is 3. The number of nitrogens with one attached hydrogen (secondary N) is 1. The molecule has 7 nitrogen and oxygen atoms in total. The summed E-state index contributed by atoms with van der Waals surface area (Å²) in [7, 11) is -3.85. The Morgan fingerprint density at radius 3 is 2.45 bits per heavy atom. The van der Waals surface area contributed by atoms with E-state index in [0.29, 0.717) is 13.1 Å². The van der Waals surface area contributed by atoms with Gasteiger partial charge in [-0.05, 0) is 19.1 Å². The number of H-pyrrole nitrogens is 1. The van der Waals surface area contributed by atoms with Crippen molar-refractivity contribution in [2.24, 2.45) is 5.41 Å². The molecule has 0 saturated carbocycles. The highest BCUT2D eigenvalue weighted by Crippen LogP contribution is 2.43. The van der Waals surface area contributed by atoms with Crippen molar-refractivity contribution in [1.29, 1.82) is 0 Å². The van der Waals surface area contributed by atoms with E-state index in [1.165, 1.54) is 11.2 Å². The summed E-state index contributed by atoms with van der Waals surface area (Å²) < 4.78 is 65.3. The number of rotatable bonds is 5. The monoisotopic (exact) mass is 429 g/mol. The Bertz CT molecular complexity index is 1020. The smallest absolute Gasteiger partial charge is 0.345 e. The van der Waals surface area contributed by atoms with Crippen molar-refractivity contribution >= 4 is 10.0 Å². The molecular weight excluding hydrogens is 407 g/mol. The van der Waals surface area contributed by atoms with Crippen LogP contribution in [0.4, 0.5) is 13.2 Å². The van der Waals surface area contributed by atoms with Gasteiger partial charge < -0.3 is 4.98 Å². The fourth-order valence-electron chi connectivity index (χ4n) is 4.11. The lowest BCUT2D eigenvalue weighted by atomic mass is 9.74. The topological polar surface area (TPSA) is 82.2 Å². The third kappa shape index (κ3) is 3.66. The van der Waals surface area contributed by atoms with Crippen LogP contribution in [0.15, 0.2) is 23.2 Å². The van der Waals surface area contributed by atoms with Crippen molar-refractivity contribution in [3.63, 3.8) is 0 Å². The molecule has 4 heterocycles. The number of aromatic nitrogens is 3. The third-order valence-electron chi connectivity index (χ3n) is 5.50. The number of likely N-dealkylation sites (tertiary alicyclic amines) is 1. The molecule has 0 amide bonds. The normalized spacial score (nSPS) is 19.9. The number of sulfonamides is 1. The molecule has 2 aromatic rings. The number of imidazole rings is 1. The Morgan fingerprint density at radius 1 is 1.21 bits per heavy atom. The molecule has 0 radical (unpaired) electrons. The molecule has 4 rings (SSSR count). The first-order valence-electron chi connectivity index (χ1n) is 9.32. The molecule has 2 fully saturated rings. The zero-order chi connectivity index (χ0) is 21.0. The van der Waals surface area contributed by atoms with Gasteiger partial charge in [-0.25, -0.2) is 18.4 Å². The Morgan fingerprint density at radius 2 is 1.90 bits per heavy atom. The number of hydrogen-bond acceptors (Lipinski definition) is 5. The van der Waals surface area contributed by atoms with Gasteiger partial charge in [0.2, 0.25) is 10.0 Å². The van der Waals surface area contributed by atoms with Crippen molar-refractivity contribution in [3.05, 3.63) is 41.2 Å². The number of alkyl halides is 3. The van der Waals surface area contributed by atoms with Gasteiger partial charge in [0.05, 0.1) is 5.69 Å². The van der Waals surface area contributed by atoms with Gasteiger partial charge in [-0.2, -0.15) is 17.5 Å². The quantitative estimate of drug-likeness (QED) is 0.788. The molecule has 1 N–H and O–H groups in total. The summed E-state index contributed by atoms with van der Waals surface area (Å²) in [6, 6.07) is 1.72. The molecule has 1 spiro atoms. The van der Waals surface area contributed by atoms with Crippen molar-refractivity contribution in [2.75, 3.05) is 26.2 Å². The maximum absolute atomic E-state index is 12.8. The molecule has 2 aromatic heterocycles. The van der Waals surface area contributed by atoms with Gasteiger partial charge in [0.1, 0.15) is 16.4 Å². The number of aryl methyl sites for hydroxylation is 2. The maximum Gasteiger partial charge on any atom is 0.433 e. The van der Waals surface area contributed by atoms with Crippen LogP contribution in [0.1, 0.15) is 29.8 Å². The predicted molar refractivity (Wildman–Crippen MR) is 98.4 cm³/mol. The summed E-state index contributed by atoms with van der Waals surface area (Å²) in [5.74, 6) is 0.941. The van der Waals surface area contributed by atoms with Crippen LogP contribution in [0.3, 0.4) is 0 Å². The molecule has 2 aliphatic rings. The van der Waals surface area contributed by atoms with Gasteiger partial charge in [0, 0.05) is 56.5 Å². The first-order chi connectivity index (χ1) is 13.5. The molecular formula is C18H22F3N5O2S. The van der Waals surface area contributed by atoms with E-state index in [2.05, 4.69) is 19.9 Å². The van der Waals surface area contributed by atoms with Crippen LogP contribution in [0.2, 0.25) is 0 Å². The minimum atomic E-state index is -4.60. The average Bonchev–Trinajstić information content (AvgIpc) is 3.02. The fraction of sp³-hybridized carbons (Fsp3) is 0.556. The first kappa shape index (κ1) is 20.3. The molecule has 0 aromatic carbocycles. The lowest BCUT2D eigenvalue weighted by Gasteiger charge is -2.59. The van der Waals surface area contributed by atoms with Crippen LogP contribution in [0.5, 0.6) is 0 Å². The Labute approximate surface area is 167 Å². The first-order valence-corrected chi connectivity index (χ1v) is 10.8. The molecule has 0 bridgehead atoms. The molecule has 0 unspecified atom stereocenters. The Balaban J connectivity index is 1.37. The van der Waals surface area contributed by atoms with Crippen LogP contribution >= 0.6 is 0 Å². The van der Waals surface area contributed by atoms with Crippen molar-refractivity contribution in [3.8, 4) is 0 Å². The summed E-state index contributed by atoms with van der Waals surface area (Å²) >= 11 is 0. The summed E-state index contributed by atoms with van der Waals surface area (Å²) in [6.45, 7) is 6.36. The van der Waals surface area contributed by atoms with Crippen LogP contribution < -0.4 is 0 Å². The SMILES string of the molecule is CCc1ncc(CN2CC3(C2)CN(S(=O)(=O)c2ccc(C(F)(F)F)nc2C)C3)[nH]1. The fourth-order valence-corrected chi connectivity index (χ4v) is 5.94. The highest BCUT2D eigenvalue weighted by molar-refractivity contribution is 7.89. The standard InChI is InChI=1S/C18H22F3N5O2S/c1-3-16-22-6-13(24-16)7-25-8-17(9-25)10-26(11-17)29(27,28)14-4-5-15(18(19,20)21)23-12(14)2/h4-6H,3,7-11H2,1-2H3,(H,22,24). The molecule has 0 atom stereocenters. The largest absolute Gasteiger partial charge is 0.433 e. The summed E-state index contributed by atoms with van der Waals surface area (Å²) in [5, 5.41) is 0. The van der Waals surface area contributed by atoms with Crippen molar-refractivity contribution in [2.45, 2.75) is 37.9 Å². The van der Waals surface area contributed by atoms with Crippen LogP contribution in [0.25, 0.3) is 0 Å². The van der Waals surface area contributed by atoms with E-state index in [0.717, 1.165) is 49.7 Å². The summed E-state index contributed by atoms with van der Waals surface area (Å²) in [5.41, 5.74) is -0.267. The second kappa shape index (κ2) is 6.78. The Hall–Kier alpha value is -1.98. The lowest BCUT2D eigenvalue weighted by Crippen LogP contribution is -2.72. The van der Waals surface area contributed by atoms with Gasteiger partial charge >= 0.3 is 6.18 Å². The molecule has 158 valence electrons. The van der Waals surface area contributed by atoms with E-state index >= 15 is 0 Å². The molecule has 29 heavy (non-hydrogen) atoms. The number of hydrogen-bond donors (Lipinski definition) is 1. The Kier molecular flexibility index (Phi) is 4.74. The lowest BCUT2D eigenvalue weighted by molar-refractivity contribution is -0.141. The van der Waals surface area contributed by atoms with E-state index in [9.17, 15) is 21.6 Å². The number of nitrogens with zero attached hydrogens (tertiary/aromatic N) is 4. The highest BCUT2D eigenvalue weighted by atomic mass is 32.2. The van der Waals surface area contributed by atoms with E-state index < -0.39 is 21.9 Å². The number of aromatic amines is 1. The molecule has 0 aliphatic carbocycles. The van der Waals surface area contributed by atoms with E-state index in [1.807, 2.05) is 13.1 Å². The molecule has 2 aliphatic heterocycles. The molecule has 11 heteroatoms. The van der Waals surface area contributed by atoms with Gasteiger partial charge in [0.25, 0.3) is 0 Å². The zero-order valence-corrected chi connectivity index (χ0v) is 16.9. The minimum absolute atomic E-state index is 0.0755. The van der Waals surface area contributed by atoms with Crippen LogP contribution in [0, 0.1) is 12.3 Å². The zero-order valence-electron chi connectivity index (χ0n) is 16.1. The van der Waals surface area contributed by atoms with Gasteiger partial charge in [-0.1, -0.05) is 6.92 Å². The van der Waals surface area contributed by atoms with E-state index in [4.69, 9.17) is 0 Å². The molecule has 2 saturated heterocycles. The second-order valence-corrected chi connectivity index (χ2v) is 9.81. The summed E-state index contributed by atoms with van der Waals surface area (Å²) in [6.07, 6.45) is -1.94. The third-order valence-corrected chi connectivity index (χ3v) is 7.42. The van der Waals surface area contributed by atoms with Crippen molar-refractivity contribution < 1.29 is 21.6 Å². The van der Waals surface area contributed by atoms with Gasteiger partial charge in [-0.15, -0.1) is 0 Å². The highest BCUT2D eigenvalue weighted by Gasteiger charge is 2.55. The van der Waals surface area contributed by atoms with Crippen LogP contribution in [-0.2, 0) is 29.2 Å². The maximum atomic E-state index is 12.8. The van der Waals surface area contributed by atoms with E-state index in [-0.39, 0.29) is 16.0 Å². The second-order valence-electron chi connectivity index (χ2n) is 7.90. The summed E-state index contributed by atoms with van der Waals surface area (Å²) in [4.78, 5) is 13.0. The average molecular weight is 429 g/mol. The number of pyridine rings is 1. The van der Waals surface area contributed by atoms with E-state index in [1.54, 1.807) is 0 Å². The van der Waals surface area contributed by atoms with Gasteiger partial charge in [-0.3, -0.25) is 4.90 Å². The van der Waals surface area contributed by atoms with Crippen LogP contribution in [-0.4, -0.2) is 58.8 Å². The van der Waals surface area contributed by atoms with Crippen molar-refractivity contribution in [1.82, 2.24) is 24.2 Å². The van der Waals surface area contributed by atoms with Gasteiger partial charge in [0.15, 0.2) is 0 Å². The predicted octanol–water partition coefficient (Wildman–Crippen LogP) is 2.20.